The van der Waals surface area contributed by atoms with Gasteiger partial charge in [0.05, 0.1) is 27.4 Å². The first kappa shape index (κ1) is 14.3. The Kier molecular flexibility index (Phi) is 4.23. The van der Waals surface area contributed by atoms with Crippen LogP contribution in [0.15, 0.2) is 36.4 Å². The molecule has 20 heavy (non-hydrogen) atoms. The maximum absolute atomic E-state index is 13.0. The molecule has 3 nitrogen and oxygen atoms in total. The molecule has 6 heteroatoms. The Morgan fingerprint density at radius 3 is 2.20 bits per heavy atom. The van der Waals surface area contributed by atoms with E-state index in [0.29, 0.717) is 11.1 Å². The molecule has 100 valence electrons. The Hall–Kier alpha value is -2.09. The minimum Gasteiger partial charge on any atom is -0.319 e. The highest BCUT2D eigenvalue weighted by molar-refractivity contribution is 6.40. The third kappa shape index (κ3) is 3.08. The first-order valence-corrected chi connectivity index (χ1v) is 6.23. The zero-order valence-corrected chi connectivity index (χ0v) is 11.5. The molecular weight excluding hydrogens is 302 g/mol. The van der Waals surface area contributed by atoms with E-state index < -0.39 is 11.7 Å². The Bertz CT molecular complexity index is 685. The lowest BCUT2D eigenvalue weighted by Crippen LogP contribution is -2.12. The van der Waals surface area contributed by atoms with Crippen molar-refractivity contribution in [2.75, 3.05) is 5.32 Å². The Morgan fingerprint density at radius 2 is 1.70 bits per heavy atom. The van der Waals surface area contributed by atoms with E-state index in [1.807, 2.05) is 6.07 Å². The van der Waals surface area contributed by atoms with Crippen molar-refractivity contribution in [2.45, 2.75) is 0 Å². The predicted molar refractivity (Wildman–Crippen MR) is 75.5 cm³/mol. The quantitative estimate of drug-likeness (QED) is 0.901. The summed E-state index contributed by atoms with van der Waals surface area (Å²) in [5.74, 6) is -1.04. The summed E-state index contributed by atoms with van der Waals surface area (Å²) in [5, 5.41) is 11.2. The van der Waals surface area contributed by atoms with Gasteiger partial charge in [-0.05, 0) is 36.4 Å². The number of rotatable bonds is 2. The van der Waals surface area contributed by atoms with Crippen LogP contribution in [0.3, 0.4) is 0 Å². The summed E-state index contributed by atoms with van der Waals surface area (Å²) in [6, 6.07) is 10.1. The number of benzene rings is 2. The summed E-state index contributed by atoms with van der Waals surface area (Å²) in [6.45, 7) is 0. The van der Waals surface area contributed by atoms with Gasteiger partial charge in [-0.1, -0.05) is 23.2 Å². The van der Waals surface area contributed by atoms with E-state index in [-0.39, 0.29) is 15.7 Å². The fraction of sp³-hybridized carbons (Fsp3) is 0. The Balaban J connectivity index is 2.26. The van der Waals surface area contributed by atoms with Crippen LogP contribution in [0.5, 0.6) is 0 Å². The maximum Gasteiger partial charge on any atom is 0.255 e. The average molecular weight is 309 g/mol. The van der Waals surface area contributed by atoms with E-state index in [9.17, 15) is 9.18 Å². The van der Waals surface area contributed by atoms with Crippen molar-refractivity contribution in [1.29, 1.82) is 5.26 Å². The van der Waals surface area contributed by atoms with Gasteiger partial charge in [0, 0.05) is 5.56 Å². The van der Waals surface area contributed by atoms with E-state index in [1.165, 1.54) is 24.3 Å². The van der Waals surface area contributed by atoms with Gasteiger partial charge in [-0.15, -0.1) is 0 Å². The number of halogens is 3. The minimum atomic E-state index is -0.587. The van der Waals surface area contributed by atoms with Crippen LogP contribution in [0.4, 0.5) is 10.1 Å². The molecule has 0 spiro atoms. The monoisotopic (exact) mass is 308 g/mol. The summed E-state index contributed by atoms with van der Waals surface area (Å²) in [4.78, 5) is 12.0. The summed E-state index contributed by atoms with van der Waals surface area (Å²) in [7, 11) is 0. The van der Waals surface area contributed by atoms with Crippen LogP contribution >= 0.6 is 23.2 Å². The van der Waals surface area contributed by atoms with Crippen LogP contribution in [0.2, 0.25) is 10.0 Å². The van der Waals surface area contributed by atoms with E-state index in [0.717, 1.165) is 12.1 Å². The molecule has 0 radical (unpaired) electrons. The van der Waals surface area contributed by atoms with Crippen molar-refractivity contribution in [1.82, 2.24) is 0 Å². The van der Waals surface area contributed by atoms with Crippen LogP contribution in [-0.2, 0) is 0 Å². The van der Waals surface area contributed by atoms with Crippen LogP contribution in [-0.4, -0.2) is 5.91 Å². The Morgan fingerprint density at radius 1 is 1.15 bits per heavy atom. The number of anilines is 1. The SMILES string of the molecule is N#Cc1ccc(C(=O)Nc2c(Cl)cc(F)cc2Cl)cc1. The Labute approximate surface area is 124 Å². The predicted octanol–water partition coefficient (Wildman–Crippen LogP) is 4.26. The number of carbonyl (C=O) groups is 1. The number of nitrogens with one attached hydrogen (secondary N) is 1. The van der Waals surface area contributed by atoms with Crippen LogP contribution in [0, 0.1) is 17.1 Å². The van der Waals surface area contributed by atoms with E-state index in [4.69, 9.17) is 28.5 Å². The molecule has 1 amide bonds. The van der Waals surface area contributed by atoms with Gasteiger partial charge < -0.3 is 5.32 Å². The van der Waals surface area contributed by atoms with Gasteiger partial charge in [-0.3, -0.25) is 4.79 Å². The molecule has 2 aromatic rings. The molecule has 0 atom stereocenters. The van der Waals surface area contributed by atoms with Crippen molar-refractivity contribution >= 4 is 34.8 Å². The van der Waals surface area contributed by atoms with Gasteiger partial charge in [0.2, 0.25) is 0 Å². The van der Waals surface area contributed by atoms with E-state index >= 15 is 0 Å². The molecule has 0 saturated heterocycles. The van der Waals surface area contributed by atoms with Gasteiger partial charge in [-0.2, -0.15) is 5.26 Å². The number of hydrogen-bond donors (Lipinski definition) is 1. The second-order valence-electron chi connectivity index (χ2n) is 3.89. The third-order valence-corrected chi connectivity index (χ3v) is 3.12. The summed E-state index contributed by atoms with van der Waals surface area (Å²) in [5.41, 5.74) is 0.920. The number of hydrogen-bond acceptors (Lipinski definition) is 2. The fourth-order valence-electron chi connectivity index (χ4n) is 1.54. The van der Waals surface area contributed by atoms with E-state index in [2.05, 4.69) is 5.32 Å². The summed E-state index contributed by atoms with van der Waals surface area (Å²) < 4.78 is 13.0. The molecule has 2 rings (SSSR count). The first-order valence-electron chi connectivity index (χ1n) is 5.47. The summed E-state index contributed by atoms with van der Waals surface area (Å²) in [6.07, 6.45) is 0. The smallest absolute Gasteiger partial charge is 0.255 e. The lowest BCUT2D eigenvalue weighted by molar-refractivity contribution is 0.102. The van der Waals surface area contributed by atoms with Crippen molar-refractivity contribution < 1.29 is 9.18 Å². The highest BCUT2D eigenvalue weighted by Crippen LogP contribution is 2.31. The highest BCUT2D eigenvalue weighted by Gasteiger charge is 2.13. The molecule has 1 N–H and O–H groups in total. The standard InChI is InChI=1S/C14H7Cl2FN2O/c15-11-5-10(17)6-12(16)13(11)19-14(20)9-3-1-8(7-18)2-4-9/h1-6H,(H,19,20). The molecule has 0 aliphatic heterocycles. The van der Waals surface area contributed by atoms with Gasteiger partial charge in [-0.25, -0.2) is 4.39 Å². The average Bonchev–Trinajstić information content (AvgIpc) is 2.42. The molecule has 0 fully saturated rings. The lowest BCUT2D eigenvalue weighted by Gasteiger charge is -2.09. The van der Waals surface area contributed by atoms with E-state index in [1.54, 1.807) is 0 Å². The third-order valence-electron chi connectivity index (χ3n) is 2.52. The number of nitriles is 1. The van der Waals surface area contributed by atoms with Crippen LogP contribution < -0.4 is 5.32 Å². The molecule has 0 aromatic heterocycles. The highest BCUT2D eigenvalue weighted by atomic mass is 35.5. The topological polar surface area (TPSA) is 52.9 Å². The molecule has 2 aromatic carbocycles. The second-order valence-corrected chi connectivity index (χ2v) is 4.70. The molecule has 0 aliphatic rings. The zero-order chi connectivity index (χ0) is 14.7. The number of amides is 1. The van der Waals surface area contributed by atoms with Gasteiger partial charge in [0.15, 0.2) is 0 Å². The van der Waals surface area contributed by atoms with Crippen molar-refractivity contribution in [3.8, 4) is 6.07 Å². The summed E-state index contributed by atoms with van der Waals surface area (Å²) >= 11 is 11.7. The molecule has 0 bridgehead atoms. The minimum absolute atomic E-state index is 0.0111. The van der Waals surface area contributed by atoms with Crippen molar-refractivity contribution in [2.24, 2.45) is 0 Å². The van der Waals surface area contributed by atoms with Gasteiger partial charge in [0.1, 0.15) is 5.82 Å². The first-order chi connectivity index (χ1) is 9.51. The van der Waals surface area contributed by atoms with Gasteiger partial charge in [0.25, 0.3) is 5.91 Å². The van der Waals surface area contributed by atoms with Crippen molar-refractivity contribution in [3.05, 3.63) is 63.4 Å². The van der Waals surface area contributed by atoms with Crippen LogP contribution in [0.1, 0.15) is 15.9 Å². The van der Waals surface area contributed by atoms with Gasteiger partial charge >= 0.3 is 0 Å². The molecule has 0 aliphatic carbocycles. The molecular formula is C14H7Cl2FN2O. The number of nitrogens with zero attached hydrogens (tertiary/aromatic N) is 1. The maximum atomic E-state index is 13.0. The lowest BCUT2D eigenvalue weighted by atomic mass is 10.1. The van der Waals surface area contributed by atoms with Crippen molar-refractivity contribution in [3.63, 3.8) is 0 Å². The molecule has 0 saturated carbocycles. The van der Waals surface area contributed by atoms with Crippen LogP contribution in [0.25, 0.3) is 0 Å². The largest absolute Gasteiger partial charge is 0.319 e. The normalized spacial score (nSPS) is 9.90. The number of carbonyl (C=O) groups excluding carboxylic acids is 1. The second kappa shape index (κ2) is 5.91. The fourth-order valence-corrected chi connectivity index (χ4v) is 2.10. The molecule has 0 unspecified atom stereocenters. The molecule has 0 heterocycles. The zero-order valence-electron chi connectivity index (χ0n) is 9.95.